The second-order valence-corrected chi connectivity index (χ2v) is 8.83. The summed E-state index contributed by atoms with van der Waals surface area (Å²) in [5.74, 6) is -2.41. The lowest BCUT2D eigenvalue weighted by Gasteiger charge is -2.39. The number of benzene rings is 1. The SMILES string of the molecule is C[C@H]1CCC2C3CCc4c(C(=O)NCc5cccc(Cl)c5F)c(=O)c(O)c(n43)C(=O)N21. The topological polar surface area (TPSA) is 91.6 Å². The van der Waals surface area contributed by atoms with E-state index < -0.39 is 22.9 Å². The fourth-order valence-corrected chi connectivity index (χ4v) is 5.57. The summed E-state index contributed by atoms with van der Waals surface area (Å²) in [6, 6.07) is 4.42. The first-order valence-corrected chi connectivity index (χ1v) is 10.7. The molecule has 5 rings (SSSR count). The molecule has 2 aromatic rings. The van der Waals surface area contributed by atoms with Crippen LogP contribution in [0.3, 0.4) is 0 Å². The Morgan fingerprint density at radius 3 is 2.81 bits per heavy atom. The summed E-state index contributed by atoms with van der Waals surface area (Å²) in [7, 11) is 0. The molecular weight excluding hydrogens is 425 g/mol. The molecule has 31 heavy (non-hydrogen) atoms. The van der Waals surface area contributed by atoms with Crippen LogP contribution in [0.1, 0.15) is 64.3 Å². The van der Waals surface area contributed by atoms with Gasteiger partial charge in [0.25, 0.3) is 11.8 Å². The molecule has 9 heteroatoms. The quantitative estimate of drug-likeness (QED) is 0.760. The molecule has 0 spiro atoms. The lowest BCUT2D eigenvalue weighted by molar-refractivity contribution is 0.0541. The van der Waals surface area contributed by atoms with Gasteiger partial charge in [-0.15, -0.1) is 0 Å². The summed E-state index contributed by atoms with van der Waals surface area (Å²) in [6.07, 6.45) is 2.84. The van der Waals surface area contributed by atoms with Gasteiger partial charge in [-0.2, -0.15) is 0 Å². The standard InChI is InChI=1S/C22H21ClFN3O4/c1-10-5-6-13-14-7-8-15-16(19(28)20(29)18(27(14)15)22(31)26(10)13)21(30)25-9-11-3-2-4-12(23)17(11)24/h2-4,10,13-14,29H,5-9H2,1H3,(H,25,30)/t10-,13?,14?/m0/s1. The molecule has 3 atom stereocenters. The van der Waals surface area contributed by atoms with Crippen LogP contribution in [0.4, 0.5) is 4.39 Å². The van der Waals surface area contributed by atoms with Crippen LogP contribution in [-0.2, 0) is 13.0 Å². The van der Waals surface area contributed by atoms with E-state index in [4.69, 9.17) is 11.6 Å². The summed E-state index contributed by atoms with van der Waals surface area (Å²) in [4.78, 5) is 40.8. The van der Waals surface area contributed by atoms with Crippen molar-refractivity contribution in [3.05, 3.63) is 61.8 Å². The zero-order valence-corrected chi connectivity index (χ0v) is 17.6. The van der Waals surface area contributed by atoms with Crippen molar-refractivity contribution >= 4 is 23.4 Å². The molecule has 0 saturated carbocycles. The Morgan fingerprint density at radius 2 is 2.03 bits per heavy atom. The third kappa shape index (κ3) is 2.81. The van der Waals surface area contributed by atoms with E-state index in [0.29, 0.717) is 18.5 Å². The van der Waals surface area contributed by atoms with E-state index in [0.717, 1.165) is 12.8 Å². The lowest BCUT2D eigenvalue weighted by Crippen LogP contribution is -2.50. The van der Waals surface area contributed by atoms with Gasteiger partial charge in [-0.25, -0.2) is 4.39 Å². The van der Waals surface area contributed by atoms with Gasteiger partial charge in [0.05, 0.1) is 17.1 Å². The molecule has 3 aliphatic rings. The van der Waals surface area contributed by atoms with Crippen LogP contribution in [-0.4, -0.2) is 38.5 Å². The third-order valence-corrected chi connectivity index (χ3v) is 7.08. The first kappa shape index (κ1) is 20.1. The molecule has 2 unspecified atom stereocenters. The summed E-state index contributed by atoms with van der Waals surface area (Å²) in [6.45, 7) is 1.80. The Hall–Kier alpha value is -2.87. The Bertz CT molecular complexity index is 1190. The summed E-state index contributed by atoms with van der Waals surface area (Å²) in [5.41, 5.74) is -0.435. The van der Waals surface area contributed by atoms with E-state index in [1.165, 1.54) is 12.1 Å². The van der Waals surface area contributed by atoms with Crippen LogP contribution < -0.4 is 10.7 Å². The van der Waals surface area contributed by atoms with Crippen molar-refractivity contribution in [3.63, 3.8) is 0 Å². The lowest BCUT2D eigenvalue weighted by atomic mass is 10.0. The van der Waals surface area contributed by atoms with E-state index in [2.05, 4.69) is 5.32 Å². The zero-order valence-electron chi connectivity index (χ0n) is 16.8. The second-order valence-electron chi connectivity index (χ2n) is 8.43. The van der Waals surface area contributed by atoms with Gasteiger partial charge < -0.3 is 19.9 Å². The van der Waals surface area contributed by atoms with Gasteiger partial charge in [-0.1, -0.05) is 23.7 Å². The van der Waals surface area contributed by atoms with Gasteiger partial charge in [0.2, 0.25) is 5.43 Å². The Labute approximate surface area is 182 Å². The number of nitrogens with zero attached hydrogens (tertiary/aromatic N) is 2. The molecule has 1 saturated heterocycles. The number of nitrogens with one attached hydrogen (secondary N) is 1. The van der Waals surface area contributed by atoms with Crippen molar-refractivity contribution in [3.8, 4) is 5.75 Å². The largest absolute Gasteiger partial charge is 0.503 e. The Kier molecular flexibility index (Phi) is 4.58. The highest BCUT2D eigenvalue weighted by Crippen LogP contribution is 2.45. The molecule has 0 radical (unpaired) electrons. The number of carbonyl (C=O) groups excluding carboxylic acids is 2. The average Bonchev–Trinajstić information content (AvgIpc) is 3.33. The molecule has 2 N–H and O–H groups in total. The molecule has 1 fully saturated rings. The number of amides is 2. The molecule has 3 aliphatic heterocycles. The van der Waals surface area contributed by atoms with Crippen molar-refractivity contribution in [1.82, 2.24) is 14.8 Å². The van der Waals surface area contributed by atoms with Crippen molar-refractivity contribution in [2.75, 3.05) is 0 Å². The Balaban J connectivity index is 1.55. The Morgan fingerprint density at radius 1 is 1.26 bits per heavy atom. The van der Waals surface area contributed by atoms with Crippen LogP contribution in [0.5, 0.6) is 5.75 Å². The van der Waals surface area contributed by atoms with E-state index in [1.54, 1.807) is 15.5 Å². The maximum absolute atomic E-state index is 14.1. The second kappa shape index (κ2) is 7.09. The number of hydrogen-bond donors (Lipinski definition) is 2. The van der Waals surface area contributed by atoms with E-state index in [9.17, 15) is 23.9 Å². The highest BCUT2D eigenvalue weighted by Gasteiger charge is 2.50. The minimum Gasteiger partial charge on any atom is -0.503 e. The van der Waals surface area contributed by atoms with Gasteiger partial charge in [-0.05, 0) is 38.7 Å². The molecule has 0 bridgehead atoms. The number of carbonyl (C=O) groups is 2. The molecule has 162 valence electrons. The third-order valence-electron chi connectivity index (χ3n) is 6.79. The molecule has 7 nitrogen and oxygen atoms in total. The van der Waals surface area contributed by atoms with E-state index >= 15 is 0 Å². The van der Waals surface area contributed by atoms with E-state index in [-0.39, 0.29) is 52.4 Å². The van der Waals surface area contributed by atoms with Crippen molar-refractivity contribution in [1.29, 1.82) is 0 Å². The van der Waals surface area contributed by atoms with E-state index in [1.807, 2.05) is 6.92 Å². The summed E-state index contributed by atoms with van der Waals surface area (Å²) < 4.78 is 15.8. The monoisotopic (exact) mass is 445 g/mol. The van der Waals surface area contributed by atoms with Gasteiger partial charge in [-0.3, -0.25) is 14.4 Å². The van der Waals surface area contributed by atoms with Crippen LogP contribution in [0.25, 0.3) is 0 Å². The molecular formula is C22H21ClFN3O4. The number of fused-ring (bicyclic) bond motifs is 2. The number of aromatic nitrogens is 1. The normalized spacial score (nSPS) is 23.6. The number of rotatable bonds is 3. The minimum atomic E-state index is -0.871. The molecule has 1 aromatic heterocycles. The minimum absolute atomic E-state index is 0.00498. The molecule has 0 aliphatic carbocycles. The first-order chi connectivity index (χ1) is 14.8. The number of pyridine rings is 1. The van der Waals surface area contributed by atoms with Gasteiger partial charge in [0.15, 0.2) is 11.4 Å². The number of hydrogen-bond acceptors (Lipinski definition) is 4. The maximum Gasteiger partial charge on any atom is 0.275 e. The number of aromatic hydroxyl groups is 1. The first-order valence-electron chi connectivity index (χ1n) is 10.3. The predicted octanol–water partition coefficient (Wildman–Crippen LogP) is 2.77. The van der Waals surface area contributed by atoms with Crippen LogP contribution in [0, 0.1) is 5.82 Å². The van der Waals surface area contributed by atoms with Crippen molar-refractivity contribution in [2.45, 2.75) is 57.3 Å². The van der Waals surface area contributed by atoms with Crippen molar-refractivity contribution in [2.24, 2.45) is 0 Å². The smallest absolute Gasteiger partial charge is 0.275 e. The fourth-order valence-electron chi connectivity index (χ4n) is 5.37. The average molecular weight is 446 g/mol. The molecule has 4 heterocycles. The highest BCUT2D eigenvalue weighted by atomic mass is 35.5. The maximum atomic E-state index is 14.1. The molecule has 2 amide bonds. The summed E-state index contributed by atoms with van der Waals surface area (Å²) in [5, 5.41) is 13.1. The van der Waals surface area contributed by atoms with Gasteiger partial charge in [0, 0.05) is 23.8 Å². The van der Waals surface area contributed by atoms with Gasteiger partial charge >= 0.3 is 0 Å². The van der Waals surface area contributed by atoms with Crippen molar-refractivity contribution < 1.29 is 19.1 Å². The number of halogens is 2. The van der Waals surface area contributed by atoms with Gasteiger partial charge in [0.1, 0.15) is 11.4 Å². The molecule has 1 aromatic carbocycles. The summed E-state index contributed by atoms with van der Waals surface area (Å²) >= 11 is 5.78. The fraction of sp³-hybridized carbons (Fsp3) is 0.409. The van der Waals surface area contributed by atoms with Crippen LogP contribution in [0.15, 0.2) is 23.0 Å². The van der Waals surface area contributed by atoms with Crippen LogP contribution in [0.2, 0.25) is 5.02 Å². The zero-order chi connectivity index (χ0) is 22.0. The predicted molar refractivity (Wildman–Crippen MR) is 111 cm³/mol. The van der Waals surface area contributed by atoms with Crippen LogP contribution >= 0.6 is 11.6 Å². The highest BCUT2D eigenvalue weighted by molar-refractivity contribution is 6.30.